The maximum absolute atomic E-state index is 11.6. The van der Waals surface area contributed by atoms with Crippen molar-refractivity contribution in [2.45, 2.75) is 25.7 Å². The lowest BCUT2D eigenvalue weighted by atomic mass is 9.76. The summed E-state index contributed by atoms with van der Waals surface area (Å²) >= 11 is 0. The third-order valence-corrected chi connectivity index (χ3v) is 4.82. The Bertz CT molecular complexity index is 422. The first-order chi connectivity index (χ1) is 9.29. The molecule has 1 aliphatic heterocycles. The van der Waals surface area contributed by atoms with E-state index in [1.54, 1.807) is 7.11 Å². The number of ether oxygens (including phenoxy) is 1. The van der Waals surface area contributed by atoms with Crippen LogP contribution in [0.1, 0.15) is 25.7 Å². The number of nitrogens with zero attached hydrogens (tertiary/aromatic N) is 1. The summed E-state index contributed by atoms with van der Waals surface area (Å²) in [4.78, 5) is 13.6. The zero-order valence-corrected chi connectivity index (χ0v) is 13.1. The van der Waals surface area contributed by atoms with Crippen molar-refractivity contribution >= 4 is 15.8 Å². The maximum atomic E-state index is 11.6. The van der Waals surface area contributed by atoms with Gasteiger partial charge in [0.25, 0.3) is 0 Å². The van der Waals surface area contributed by atoms with Gasteiger partial charge in [-0.15, -0.1) is 0 Å². The molecule has 0 aliphatic carbocycles. The van der Waals surface area contributed by atoms with Crippen LogP contribution in [0.25, 0.3) is 0 Å². The maximum Gasteiger partial charge on any atom is 0.310 e. The van der Waals surface area contributed by atoms with Crippen LogP contribution in [0, 0.1) is 5.41 Å². The summed E-state index contributed by atoms with van der Waals surface area (Å²) in [6.45, 7) is 2.17. The van der Waals surface area contributed by atoms with Gasteiger partial charge in [0.05, 0.1) is 11.2 Å². The number of aliphatic carboxylic acids is 1. The lowest BCUT2D eigenvalue weighted by Crippen LogP contribution is -2.49. The van der Waals surface area contributed by atoms with Crippen LogP contribution in [-0.4, -0.2) is 69.8 Å². The molecule has 20 heavy (non-hydrogen) atoms. The molecule has 0 aromatic carbocycles. The van der Waals surface area contributed by atoms with Crippen LogP contribution in [0.2, 0.25) is 0 Å². The Morgan fingerprint density at radius 3 is 2.70 bits per heavy atom. The van der Waals surface area contributed by atoms with Gasteiger partial charge in [0, 0.05) is 33.1 Å². The first-order valence-electron chi connectivity index (χ1n) is 6.91. The highest BCUT2D eigenvalue weighted by molar-refractivity contribution is 7.90. The number of piperidine rings is 1. The van der Waals surface area contributed by atoms with Gasteiger partial charge in [0.1, 0.15) is 9.84 Å². The molecule has 1 aliphatic rings. The molecular formula is C13H25NO5S. The summed E-state index contributed by atoms with van der Waals surface area (Å²) in [6, 6.07) is 0. The summed E-state index contributed by atoms with van der Waals surface area (Å²) in [5.74, 6) is -0.696. The van der Waals surface area contributed by atoms with Gasteiger partial charge in [-0.1, -0.05) is 0 Å². The van der Waals surface area contributed by atoms with Gasteiger partial charge in [-0.25, -0.2) is 8.42 Å². The van der Waals surface area contributed by atoms with E-state index in [0.29, 0.717) is 39.0 Å². The van der Waals surface area contributed by atoms with E-state index in [1.807, 2.05) is 4.90 Å². The average Bonchev–Trinajstić information content (AvgIpc) is 2.36. The van der Waals surface area contributed by atoms with E-state index in [0.717, 1.165) is 13.0 Å². The van der Waals surface area contributed by atoms with Crippen molar-refractivity contribution in [3.63, 3.8) is 0 Å². The summed E-state index contributed by atoms with van der Waals surface area (Å²) in [5.41, 5.74) is -0.756. The molecule has 0 aromatic rings. The summed E-state index contributed by atoms with van der Waals surface area (Å²) in [7, 11) is -1.41. The predicted molar refractivity (Wildman–Crippen MR) is 76.6 cm³/mol. The lowest BCUT2D eigenvalue weighted by Gasteiger charge is -2.40. The number of carboxylic acids is 1. The van der Waals surface area contributed by atoms with Crippen LogP contribution in [0.4, 0.5) is 0 Å². The molecule has 1 N–H and O–H groups in total. The number of rotatable bonds is 8. The minimum absolute atomic E-state index is 0.0841. The smallest absolute Gasteiger partial charge is 0.310 e. The minimum Gasteiger partial charge on any atom is -0.481 e. The monoisotopic (exact) mass is 307 g/mol. The van der Waals surface area contributed by atoms with Crippen molar-refractivity contribution in [2.24, 2.45) is 5.41 Å². The van der Waals surface area contributed by atoms with E-state index >= 15 is 0 Å². The lowest BCUT2D eigenvalue weighted by molar-refractivity contribution is -0.153. The molecule has 1 saturated heterocycles. The van der Waals surface area contributed by atoms with E-state index in [4.69, 9.17) is 4.74 Å². The molecule has 0 spiro atoms. The molecule has 1 fully saturated rings. The van der Waals surface area contributed by atoms with Gasteiger partial charge in [0.2, 0.25) is 0 Å². The molecule has 7 heteroatoms. The first kappa shape index (κ1) is 17.4. The number of hydrogen-bond donors (Lipinski definition) is 1. The van der Waals surface area contributed by atoms with Gasteiger partial charge < -0.3 is 14.7 Å². The van der Waals surface area contributed by atoms with Crippen LogP contribution in [0.15, 0.2) is 0 Å². The Hall–Kier alpha value is -0.660. The molecule has 0 aromatic heterocycles. The van der Waals surface area contributed by atoms with Gasteiger partial charge in [-0.05, 0) is 32.2 Å². The largest absolute Gasteiger partial charge is 0.481 e. The summed E-state index contributed by atoms with van der Waals surface area (Å²) in [6.07, 6.45) is 3.94. The van der Waals surface area contributed by atoms with Crippen LogP contribution in [-0.2, 0) is 19.4 Å². The highest BCUT2D eigenvalue weighted by Gasteiger charge is 2.41. The Balaban J connectivity index is 2.63. The number of methoxy groups -OCH3 is 1. The molecule has 0 amide bonds. The molecule has 6 nitrogen and oxygen atoms in total. The number of hydrogen-bond acceptors (Lipinski definition) is 5. The van der Waals surface area contributed by atoms with E-state index in [2.05, 4.69) is 0 Å². The second-order valence-electron chi connectivity index (χ2n) is 5.69. The van der Waals surface area contributed by atoms with Gasteiger partial charge >= 0.3 is 5.97 Å². The number of sulfone groups is 1. The van der Waals surface area contributed by atoms with Crippen LogP contribution >= 0.6 is 0 Å². The molecule has 0 bridgehead atoms. The zero-order valence-electron chi connectivity index (χ0n) is 12.3. The molecule has 1 atom stereocenters. The molecule has 0 unspecified atom stereocenters. The van der Waals surface area contributed by atoms with Gasteiger partial charge in [0.15, 0.2) is 0 Å². The Kier molecular flexibility index (Phi) is 6.42. The van der Waals surface area contributed by atoms with Gasteiger partial charge in [-0.3, -0.25) is 4.79 Å². The van der Waals surface area contributed by atoms with E-state index in [-0.39, 0.29) is 5.75 Å². The van der Waals surface area contributed by atoms with Crippen LogP contribution < -0.4 is 0 Å². The second-order valence-corrected chi connectivity index (χ2v) is 7.95. The minimum atomic E-state index is -3.01. The fourth-order valence-electron chi connectivity index (χ4n) is 2.75. The molecule has 0 saturated carbocycles. The SMILES string of the molecule is COCCC[C@]1(C(=O)O)CCCN(CCS(C)(=O)=O)C1. The zero-order chi connectivity index (χ0) is 15.2. The van der Waals surface area contributed by atoms with Crippen molar-refractivity contribution in [3.8, 4) is 0 Å². The van der Waals surface area contributed by atoms with Crippen molar-refractivity contribution in [1.29, 1.82) is 0 Å². The van der Waals surface area contributed by atoms with Crippen molar-refractivity contribution in [2.75, 3.05) is 45.4 Å². The highest BCUT2D eigenvalue weighted by Crippen LogP contribution is 2.35. The van der Waals surface area contributed by atoms with Crippen molar-refractivity contribution in [1.82, 2.24) is 4.90 Å². The number of likely N-dealkylation sites (tertiary alicyclic amines) is 1. The fraction of sp³-hybridized carbons (Fsp3) is 0.923. The quantitative estimate of drug-likeness (QED) is 0.662. The Morgan fingerprint density at radius 2 is 2.15 bits per heavy atom. The standard InChI is InChI=1S/C13H25NO5S/c1-19-9-4-6-13(12(15)16)5-3-7-14(11-13)8-10-20(2,17)18/h3-11H2,1-2H3,(H,15,16)/t13-/m1/s1. The van der Waals surface area contributed by atoms with Gasteiger partial charge in [-0.2, -0.15) is 0 Å². The Morgan fingerprint density at radius 1 is 1.45 bits per heavy atom. The van der Waals surface area contributed by atoms with Crippen LogP contribution in [0.5, 0.6) is 0 Å². The third kappa shape index (κ3) is 5.38. The molecule has 118 valence electrons. The number of carbonyl (C=O) groups is 1. The average molecular weight is 307 g/mol. The number of carboxylic acid groups (broad SMARTS) is 1. The highest BCUT2D eigenvalue weighted by atomic mass is 32.2. The second kappa shape index (κ2) is 7.38. The molecule has 0 radical (unpaired) electrons. The van der Waals surface area contributed by atoms with E-state index in [9.17, 15) is 18.3 Å². The van der Waals surface area contributed by atoms with Crippen LogP contribution in [0.3, 0.4) is 0 Å². The molecular weight excluding hydrogens is 282 g/mol. The first-order valence-corrected chi connectivity index (χ1v) is 8.97. The normalized spacial score (nSPS) is 24.7. The summed E-state index contributed by atoms with van der Waals surface area (Å²) in [5, 5.41) is 9.55. The molecule has 1 rings (SSSR count). The fourth-order valence-corrected chi connectivity index (χ4v) is 3.34. The third-order valence-electron chi connectivity index (χ3n) is 3.89. The molecule has 1 heterocycles. The van der Waals surface area contributed by atoms with E-state index < -0.39 is 21.2 Å². The van der Waals surface area contributed by atoms with Crippen molar-refractivity contribution in [3.05, 3.63) is 0 Å². The predicted octanol–water partition coefficient (Wildman–Crippen LogP) is 0.624. The van der Waals surface area contributed by atoms with Crippen molar-refractivity contribution < 1.29 is 23.1 Å². The topological polar surface area (TPSA) is 83.9 Å². The Labute approximate surface area is 121 Å². The van der Waals surface area contributed by atoms with E-state index in [1.165, 1.54) is 6.26 Å². The summed E-state index contributed by atoms with van der Waals surface area (Å²) < 4.78 is 27.4.